The van der Waals surface area contributed by atoms with Crippen molar-refractivity contribution in [3.63, 3.8) is 0 Å². The lowest BCUT2D eigenvalue weighted by molar-refractivity contribution is 0.0744. The number of phenols is 1. The first-order valence-corrected chi connectivity index (χ1v) is 9.86. The van der Waals surface area contributed by atoms with Crippen LogP contribution in [-0.4, -0.2) is 39.8 Å². The largest absolute Gasteiger partial charge is 0.507 e. The van der Waals surface area contributed by atoms with Crippen molar-refractivity contribution in [2.45, 2.75) is 26.3 Å². The molecule has 3 aromatic rings. The second kappa shape index (κ2) is 7.44. The Kier molecular flexibility index (Phi) is 4.96. The van der Waals surface area contributed by atoms with Gasteiger partial charge in [-0.05, 0) is 48.7 Å². The first kappa shape index (κ1) is 19.3. The molecule has 0 aliphatic carbocycles. The number of carbonyl (C=O) groups excluding carboxylic acids is 1. The molecule has 0 bridgehead atoms. The van der Waals surface area contributed by atoms with Crippen molar-refractivity contribution in [3.05, 3.63) is 63.8 Å². The molecule has 2 heterocycles. The van der Waals surface area contributed by atoms with Crippen molar-refractivity contribution >= 4 is 17.5 Å². The van der Waals surface area contributed by atoms with E-state index in [1.165, 1.54) is 0 Å². The molecule has 1 amide bonds. The number of aryl methyl sites for hydroxylation is 1. The number of aromatic amines is 1. The summed E-state index contributed by atoms with van der Waals surface area (Å²) >= 11 is 6.31. The number of benzene rings is 2. The van der Waals surface area contributed by atoms with Gasteiger partial charge in [0.2, 0.25) is 0 Å². The minimum Gasteiger partial charge on any atom is -0.507 e. The minimum absolute atomic E-state index is 0.0797. The second-order valence-corrected chi connectivity index (χ2v) is 7.56. The zero-order valence-electron chi connectivity index (χ0n) is 16.5. The Labute approximate surface area is 174 Å². The molecule has 0 saturated carbocycles. The van der Waals surface area contributed by atoms with Crippen molar-refractivity contribution in [2.24, 2.45) is 0 Å². The molecular formula is C22H22ClN3O3. The van der Waals surface area contributed by atoms with Crippen LogP contribution in [0.5, 0.6) is 11.5 Å². The van der Waals surface area contributed by atoms with Crippen LogP contribution < -0.4 is 4.74 Å². The zero-order valence-corrected chi connectivity index (χ0v) is 17.2. The highest BCUT2D eigenvalue weighted by molar-refractivity contribution is 6.31. The minimum atomic E-state index is -0.309. The maximum Gasteiger partial charge on any atom is 0.273 e. The van der Waals surface area contributed by atoms with Crippen LogP contribution in [0.2, 0.25) is 5.02 Å². The number of carbonyl (C=O) groups is 1. The number of nitrogens with zero attached hydrogens (tertiary/aromatic N) is 2. The molecule has 29 heavy (non-hydrogen) atoms. The van der Waals surface area contributed by atoms with Crippen molar-refractivity contribution in [1.29, 1.82) is 0 Å². The zero-order chi connectivity index (χ0) is 20.7. The van der Waals surface area contributed by atoms with Crippen LogP contribution in [0.25, 0.3) is 11.3 Å². The number of rotatable bonds is 5. The normalized spacial score (nSPS) is 15.7. The predicted octanol–water partition coefficient (Wildman–Crippen LogP) is 4.71. The molecular weight excluding hydrogens is 390 g/mol. The molecule has 0 radical (unpaired) electrons. The van der Waals surface area contributed by atoms with Crippen molar-refractivity contribution < 1.29 is 14.6 Å². The number of ether oxygens (including phenoxy) is 1. The summed E-state index contributed by atoms with van der Waals surface area (Å²) in [6.45, 7) is 4.47. The van der Waals surface area contributed by atoms with Gasteiger partial charge >= 0.3 is 0 Å². The van der Waals surface area contributed by atoms with Gasteiger partial charge in [-0.15, -0.1) is 0 Å². The summed E-state index contributed by atoms with van der Waals surface area (Å²) in [6.07, 6.45) is 0.826. The van der Waals surface area contributed by atoms with Crippen LogP contribution in [0.4, 0.5) is 0 Å². The quantitative estimate of drug-likeness (QED) is 0.637. The Bertz CT molecular complexity index is 1080. The Morgan fingerprint density at radius 1 is 1.28 bits per heavy atom. The van der Waals surface area contributed by atoms with Gasteiger partial charge in [0.15, 0.2) is 0 Å². The van der Waals surface area contributed by atoms with Crippen LogP contribution in [0, 0.1) is 6.92 Å². The van der Waals surface area contributed by atoms with Crippen molar-refractivity contribution in [2.75, 3.05) is 13.7 Å². The van der Waals surface area contributed by atoms with Gasteiger partial charge in [-0.3, -0.25) is 9.89 Å². The lowest BCUT2D eigenvalue weighted by Crippen LogP contribution is -2.30. The van der Waals surface area contributed by atoms with E-state index in [-0.39, 0.29) is 17.7 Å². The first-order valence-electron chi connectivity index (χ1n) is 9.48. The molecule has 1 aliphatic heterocycles. The Morgan fingerprint density at radius 2 is 2.00 bits per heavy atom. The summed E-state index contributed by atoms with van der Waals surface area (Å²) in [4.78, 5) is 14.9. The Morgan fingerprint density at radius 3 is 2.66 bits per heavy atom. The summed E-state index contributed by atoms with van der Waals surface area (Å²) in [6, 6.07) is 10.7. The van der Waals surface area contributed by atoms with E-state index in [1.807, 2.05) is 43.0 Å². The van der Waals surface area contributed by atoms with Crippen molar-refractivity contribution in [3.8, 4) is 22.8 Å². The Hall–Kier alpha value is -2.99. The number of nitrogens with one attached hydrogen (secondary N) is 1. The van der Waals surface area contributed by atoms with E-state index < -0.39 is 0 Å². The van der Waals surface area contributed by atoms with Gasteiger partial charge in [-0.25, -0.2) is 0 Å². The van der Waals surface area contributed by atoms with Crippen LogP contribution in [0.15, 0.2) is 36.4 Å². The van der Waals surface area contributed by atoms with Gasteiger partial charge in [0.1, 0.15) is 22.9 Å². The van der Waals surface area contributed by atoms with Crippen molar-refractivity contribution in [1.82, 2.24) is 15.1 Å². The molecule has 6 nitrogen and oxygen atoms in total. The van der Waals surface area contributed by atoms with Crippen LogP contribution in [-0.2, 0) is 0 Å². The molecule has 0 fully saturated rings. The topological polar surface area (TPSA) is 78.5 Å². The number of aromatic nitrogens is 2. The summed E-state index contributed by atoms with van der Waals surface area (Å²) in [5.41, 5.74) is 3.96. The lowest BCUT2D eigenvalue weighted by Gasteiger charge is -2.26. The smallest absolute Gasteiger partial charge is 0.273 e. The fraction of sp³-hybridized carbons (Fsp3) is 0.273. The summed E-state index contributed by atoms with van der Waals surface area (Å²) in [7, 11) is 1.62. The standard InChI is InChI=1S/C22H22ClN3O3/c1-4-9-26-21(13-5-7-14(29-3)8-6-13)18-19(24-25-20(18)22(26)28)15-11-16(23)12(2)10-17(15)27/h5-8,10-11,21,27H,4,9H2,1-3H3,(H,24,25). The molecule has 2 N–H and O–H groups in total. The number of fused-ring (bicyclic) bond motifs is 1. The van der Waals surface area contributed by atoms with E-state index in [0.29, 0.717) is 28.5 Å². The molecule has 1 aromatic heterocycles. The second-order valence-electron chi connectivity index (χ2n) is 7.15. The van der Waals surface area contributed by atoms with E-state index in [4.69, 9.17) is 16.3 Å². The number of aromatic hydroxyl groups is 1. The maximum atomic E-state index is 13.1. The van der Waals surface area contributed by atoms with E-state index >= 15 is 0 Å². The SMILES string of the molecule is CCCN1C(=O)c2[nH]nc(-c3cc(Cl)c(C)cc3O)c2C1c1ccc(OC)cc1. The third kappa shape index (κ3) is 3.13. The monoisotopic (exact) mass is 411 g/mol. The van der Waals surface area contributed by atoms with E-state index in [1.54, 1.807) is 19.2 Å². The van der Waals surface area contributed by atoms with Crippen LogP contribution in [0.1, 0.15) is 46.6 Å². The maximum absolute atomic E-state index is 13.1. The van der Waals surface area contributed by atoms with Gasteiger partial charge in [-0.2, -0.15) is 5.10 Å². The summed E-state index contributed by atoms with van der Waals surface area (Å²) in [5, 5.41) is 18.3. The van der Waals surface area contributed by atoms with E-state index in [2.05, 4.69) is 10.2 Å². The fourth-order valence-electron chi connectivity index (χ4n) is 3.86. The number of halogens is 1. The predicted molar refractivity (Wildman–Crippen MR) is 112 cm³/mol. The van der Waals surface area contributed by atoms with Gasteiger partial charge < -0.3 is 14.7 Å². The van der Waals surface area contributed by atoms with E-state index in [0.717, 1.165) is 28.9 Å². The number of phenolic OH excluding ortho intramolecular Hbond substituents is 1. The molecule has 150 valence electrons. The number of methoxy groups -OCH3 is 1. The fourth-order valence-corrected chi connectivity index (χ4v) is 4.03. The average Bonchev–Trinajstić information content (AvgIpc) is 3.25. The van der Waals surface area contributed by atoms with Gasteiger partial charge in [-0.1, -0.05) is 30.7 Å². The van der Waals surface area contributed by atoms with Gasteiger partial charge in [0.05, 0.1) is 13.2 Å². The lowest BCUT2D eigenvalue weighted by atomic mass is 9.95. The molecule has 4 rings (SSSR count). The Balaban J connectivity index is 1.90. The molecule has 1 unspecified atom stereocenters. The number of H-pyrrole nitrogens is 1. The third-order valence-corrected chi connectivity index (χ3v) is 5.70. The summed E-state index contributed by atoms with van der Waals surface area (Å²) < 4.78 is 5.27. The number of hydrogen-bond donors (Lipinski definition) is 2. The molecule has 1 aliphatic rings. The molecule has 1 atom stereocenters. The molecule has 7 heteroatoms. The molecule has 2 aromatic carbocycles. The average molecular weight is 412 g/mol. The third-order valence-electron chi connectivity index (χ3n) is 5.29. The first-order chi connectivity index (χ1) is 14.0. The van der Waals surface area contributed by atoms with Gasteiger partial charge in [0.25, 0.3) is 5.91 Å². The van der Waals surface area contributed by atoms with Crippen LogP contribution >= 0.6 is 11.6 Å². The van der Waals surface area contributed by atoms with Gasteiger partial charge in [0, 0.05) is 22.7 Å². The van der Waals surface area contributed by atoms with E-state index in [9.17, 15) is 9.90 Å². The molecule has 0 spiro atoms. The highest BCUT2D eigenvalue weighted by atomic mass is 35.5. The van der Waals surface area contributed by atoms with Crippen LogP contribution in [0.3, 0.4) is 0 Å². The number of amides is 1. The molecule has 0 saturated heterocycles. The summed E-state index contributed by atoms with van der Waals surface area (Å²) in [5.74, 6) is 0.728. The number of hydrogen-bond acceptors (Lipinski definition) is 4. The highest BCUT2D eigenvalue weighted by Crippen LogP contribution is 2.45. The highest BCUT2D eigenvalue weighted by Gasteiger charge is 2.42.